The van der Waals surface area contributed by atoms with Gasteiger partial charge in [-0.1, -0.05) is 42.5 Å². The minimum atomic E-state index is -1.71. The van der Waals surface area contributed by atoms with Crippen molar-refractivity contribution in [1.82, 2.24) is 0 Å². The molecule has 0 radical (unpaired) electrons. The Kier molecular flexibility index (Phi) is 7.07. The number of ketones is 1. The van der Waals surface area contributed by atoms with E-state index in [0.29, 0.717) is 27.9 Å². The highest BCUT2D eigenvalue weighted by Crippen LogP contribution is 2.45. The van der Waals surface area contributed by atoms with E-state index in [1.165, 1.54) is 29.2 Å². The van der Waals surface area contributed by atoms with Gasteiger partial charge in [0.1, 0.15) is 22.6 Å². The largest absolute Gasteiger partial charge is 0.508 e. The fraction of sp³-hybridized carbons (Fsp3) is 0.133. The fourth-order valence-electron chi connectivity index (χ4n) is 4.66. The molecule has 38 heavy (non-hydrogen) atoms. The zero-order valence-electron chi connectivity index (χ0n) is 20.2. The molecule has 0 aliphatic carbocycles. The van der Waals surface area contributed by atoms with Gasteiger partial charge in [-0.25, -0.2) is 4.39 Å². The third-order valence-corrected chi connectivity index (χ3v) is 8.22. The van der Waals surface area contributed by atoms with Crippen molar-refractivity contribution < 1.29 is 28.4 Å². The van der Waals surface area contributed by atoms with E-state index in [-0.39, 0.29) is 35.4 Å². The second kappa shape index (κ2) is 10.6. The number of anilines is 1. The molecular weight excluding hydrogens is 505 g/mol. The maximum Gasteiger partial charge on any atom is 0.245 e. The van der Waals surface area contributed by atoms with E-state index in [9.17, 15) is 28.4 Å². The zero-order chi connectivity index (χ0) is 26.8. The van der Waals surface area contributed by atoms with Crippen LogP contribution in [0.25, 0.3) is 11.1 Å². The second-order valence-corrected chi connectivity index (χ2v) is 10.7. The molecule has 3 atom stereocenters. The number of amides is 1. The summed E-state index contributed by atoms with van der Waals surface area (Å²) in [7, 11) is -1.71. The lowest BCUT2D eigenvalue weighted by Gasteiger charge is -2.46. The van der Waals surface area contributed by atoms with Crippen LogP contribution in [0.4, 0.5) is 10.1 Å². The molecule has 1 unspecified atom stereocenters. The number of hydrogen-bond donors (Lipinski definition) is 2. The number of aromatic hydroxyl groups is 2. The van der Waals surface area contributed by atoms with Crippen LogP contribution in [0.5, 0.6) is 11.5 Å². The van der Waals surface area contributed by atoms with Crippen molar-refractivity contribution in [3.63, 3.8) is 0 Å². The maximum atomic E-state index is 13.4. The molecule has 1 amide bonds. The van der Waals surface area contributed by atoms with Gasteiger partial charge in [0, 0.05) is 39.8 Å². The van der Waals surface area contributed by atoms with Crippen molar-refractivity contribution >= 4 is 28.2 Å². The first-order valence-corrected chi connectivity index (χ1v) is 13.4. The van der Waals surface area contributed by atoms with Crippen LogP contribution < -0.4 is 4.90 Å². The molecule has 4 aromatic rings. The number of nitrogens with zero attached hydrogens (tertiary/aromatic N) is 1. The first kappa shape index (κ1) is 25.4. The van der Waals surface area contributed by atoms with Crippen molar-refractivity contribution in [2.45, 2.75) is 17.7 Å². The Bertz CT molecular complexity index is 1520. The third-order valence-electron chi connectivity index (χ3n) is 6.59. The molecule has 5 rings (SSSR count). The van der Waals surface area contributed by atoms with Crippen LogP contribution >= 0.6 is 0 Å². The monoisotopic (exact) mass is 529 g/mol. The summed E-state index contributed by atoms with van der Waals surface area (Å²) in [4.78, 5) is 27.3. The van der Waals surface area contributed by atoms with Crippen LogP contribution in [0.3, 0.4) is 0 Å². The maximum absolute atomic E-state index is 13.4. The van der Waals surface area contributed by atoms with E-state index in [2.05, 4.69) is 0 Å². The summed E-state index contributed by atoms with van der Waals surface area (Å²) in [5.41, 5.74) is 2.72. The number of para-hydroxylation sites is 1. The van der Waals surface area contributed by atoms with Crippen LogP contribution in [-0.2, 0) is 15.6 Å². The van der Waals surface area contributed by atoms with Crippen LogP contribution in [0.2, 0.25) is 0 Å². The standard InChI is InChI=1S/C30H24FNO5S/c31-22-12-9-19(10-13-22)26(34)15-16-38(37)29-28(32(30(29)36)23-6-2-1-3-7-23)25-14-11-21(18-27(25)35)20-5-4-8-24(33)17-20/h1-14,17-18,28-29,33,35H,15-16H2/t28-,29-,38?/m1/s1. The number of hydrogen-bond acceptors (Lipinski definition) is 5. The predicted octanol–water partition coefficient (Wildman–Crippen LogP) is 5.38. The summed E-state index contributed by atoms with van der Waals surface area (Å²) >= 11 is 0. The average molecular weight is 530 g/mol. The van der Waals surface area contributed by atoms with Gasteiger partial charge in [0.15, 0.2) is 5.78 Å². The lowest BCUT2D eigenvalue weighted by Crippen LogP contribution is -2.61. The zero-order valence-corrected chi connectivity index (χ0v) is 21.0. The smallest absolute Gasteiger partial charge is 0.245 e. The van der Waals surface area contributed by atoms with Gasteiger partial charge in [-0.3, -0.25) is 13.8 Å². The summed E-state index contributed by atoms with van der Waals surface area (Å²) in [6, 6.07) is 25.0. The summed E-state index contributed by atoms with van der Waals surface area (Å²) in [6.07, 6.45) is -0.0670. The summed E-state index contributed by atoms with van der Waals surface area (Å²) < 4.78 is 26.6. The van der Waals surface area contributed by atoms with E-state index in [0.717, 1.165) is 0 Å². The van der Waals surface area contributed by atoms with E-state index in [1.807, 2.05) is 6.07 Å². The first-order chi connectivity index (χ1) is 18.3. The fourth-order valence-corrected chi connectivity index (χ4v) is 6.19. The molecule has 1 heterocycles. The highest BCUT2D eigenvalue weighted by molar-refractivity contribution is 7.86. The Balaban J connectivity index is 1.42. The van der Waals surface area contributed by atoms with Gasteiger partial charge in [-0.05, 0) is 65.7 Å². The third kappa shape index (κ3) is 4.95. The highest BCUT2D eigenvalue weighted by Gasteiger charge is 2.53. The molecule has 0 bridgehead atoms. The van der Waals surface area contributed by atoms with Crippen molar-refractivity contribution in [3.05, 3.63) is 114 Å². The number of β-lactam (4-membered cyclic amide) rings is 1. The van der Waals surface area contributed by atoms with Crippen LogP contribution in [-0.4, -0.2) is 37.1 Å². The van der Waals surface area contributed by atoms with Crippen molar-refractivity contribution in [2.75, 3.05) is 10.7 Å². The number of phenols is 2. The number of Topliss-reactive ketones (excluding diaryl/α,β-unsaturated/α-hetero) is 1. The number of carbonyl (C=O) groups excluding carboxylic acids is 2. The number of halogens is 1. The number of phenolic OH excluding ortho intramolecular Hbond substituents is 2. The molecule has 192 valence electrons. The van der Waals surface area contributed by atoms with Crippen molar-refractivity contribution in [1.29, 1.82) is 0 Å². The molecule has 4 aromatic carbocycles. The lowest BCUT2D eigenvalue weighted by molar-refractivity contribution is -0.123. The predicted molar refractivity (Wildman–Crippen MR) is 144 cm³/mol. The van der Waals surface area contributed by atoms with Gasteiger partial charge in [0.05, 0.1) is 6.04 Å². The second-order valence-electron chi connectivity index (χ2n) is 9.00. The van der Waals surface area contributed by atoms with Gasteiger partial charge in [0.2, 0.25) is 5.91 Å². The Morgan fingerprint density at radius 2 is 1.58 bits per heavy atom. The molecule has 0 spiro atoms. The molecule has 1 aliphatic rings. The first-order valence-electron chi connectivity index (χ1n) is 12.0. The van der Waals surface area contributed by atoms with E-state index < -0.39 is 27.9 Å². The SMILES string of the molecule is O=C(CCS(=O)[C@H]1C(=O)N(c2ccccc2)[C@@H]1c1ccc(-c2cccc(O)c2)cc1O)c1ccc(F)cc1. The van der Waals surface area contributed by atoms with Crippen molar-refractivity contribution in [3.8, 4) is 22.6 Å². The molecule has 8 heteroatoms. The Morgan fingerprint density at radius 3 is 2.26 bits per heavy atom. The Labute approximate surface area is 221 Å². The lowest BCUT2D eigenvalue weighted by atomic mass is 9.90. The van der Waals surface area contributed by atoms with Gasteiger partial charge in [-0.2, -0.15) is 0 Å². The summed E-state index contributed by atoms with van der Waals surface area (Å²) in [5.74, 6) is -1.13. The van der Waals surface area contributed by atoms with Crippen LogP contribution in [0.1, 0.15) is 28.4 Å². The van der Waals surface area contributed by atoms with Crippen LogP contribution in [0.15, 0.2) is 97.1 Å². The molecule has 0 aromatic heterocycles. The molecule has 2 N–H and O–H groups in total. The molecule has 1 aliphatic heterocycles. The van der Waals surface area contributed by atoms with Gasteiger partial charge in [-0.15, -0.1) is 0 Å². The van der Waals surface area contributed by atoms with Crippen molar-refractivity contribution in [2.24, 2.45) is 0 Å². The molecule has 1 fully saturated rings. The quantitative estimate of drug-likeness (QED) is 0.236. The minimum Gasteiger partial charge on any atom is -0.508 e. The summed E-state index contributed by atoms with van der Waals surface area (Å²) in [5, 5.41) is 19.9. The number of benzene rings is 4. The Hall–Kier alpha value is -4.30. The molecular formula is C30H24FNO5S. The molecule has 0 saturated carbocycles. The normalized spacial score (nSPS) is 17.6. The highest BCUT2D eigenvalue weighted by atomic mass is 32.2. The van der Waals surface area contributed by atoms with E-state index in [4.69, 9.17) is 0 Å². The van der Waals surface area contributed by atoms with E-state index >= 15 is 0 Å². The topological polar surface area (TPSA) is 94.9 Å². The minimum absolute atomic E-state index is 0.0477. The van der Waals surface area contributed by atoms with Gasteiger partial charge >= 0.3 is 0 Å². The average Bonchev–Trinajstić information content (AvgIpc) is 2.91. The molecule has 6 nitrogen and oxygen atoms in total. The number of rotatable bonds is 8. The van der Waals surface area contributed by atoms with Gasteiger partial charge < -0.3 is 15.1 Å². The molecule has 1 saturated heterocycles. The summed E-state index contributed by atoms with van der Waals surface area (Å²) in [6.45, 7) is 0. The number of carbonyl (C=O) groups is 2. The van der Waals surface area contributed by atoms with Crippen LogP contribution in [0, 0.1) is 5.82 Å². The van der Waals surface area contributed by atoms with E-state index in [1.54, 1.807) is 66.7 Å². The Morgan fingerprint density at radius 1 is 0.868 bits per heavy atom. The van der Waals surface area contributed by atoms with Gasteiger partial charge in [0.25, 0.3) is 0 Å².